The van der Waals surface area contributed by atoms with Gasteiger partial charge in [-0.1, -0.05) is 60.7 Å². The van der Waals surface area contributed by atoms with Gasteiger partial charge in [0, 0.05) is 11.9 Å². The minimum atomic E-state index is -0.456. The molecule has 0 bridgehead atoms. The van der Waals surface area contributed by atoms with Crippen molar-refractivity contribution in [3.8, 4) is 0 Å². The number of nitrogens with zero attached hydrogens (tertiary/aromatic N) is 2. The van der Waals surface area contributed by atoms with Gasteiger partial charge in [0.2, 0.25) is 5.91 Å². The van der Waals surface area contributed by atoms with Crippen LogP contribution in [0.1, 0.15) is 34.5 Å². The highest BCUT2D eigenvalue weighted by Gasteiger charge is 2.17. The molecule has 1 N–H and O–H groups in total. The van der Waals surface area contributed by atoms with Crippen LogP contribution in [0.5, 0.6) is 0 Å². The predicted molar refractivity (Wildman–Crippen MR) is 120 cm³/mol. The molecule has 4 aromatic rings. The van der Waals surface area contributed by atoms with Gasteiger partial charge in [-0.2, -0.15) is 5.10 Å². The van der Waals surface area contributed by atoms with E-state index in [-0.39, 0.29) is 25.2 Å². The Morgan fingerprint density at radius 3 is 2.28 bits per heavy atom. The Morgan fingerprint density at radius 1 is 1.00 bits per heavy atom. The van der Waals surface area contributed by atoms with Crippen LogP contribution in [0.15, 0.2) is 85.2 Å². The van der Waals surface area contributed by atoms with E-state index in [0.29, 0.717) is 16.8 Å². The van der Waals surface area contributed by atoms with Gasteiger partial charge in [0.25, 0.3) is 0 Å². The Labute approximate surface area is 185 Å². The maximum atomic E-state index is 12.6. The molecule has 7 nitrogen and oxygen atoms in total. The average Bonchev–Trinajstić information content (AvgIpc) is 3.24. The molecule has 0 fully saturated rings. The molecule has 0 saturated carbocycles. The fraction of sp³-hybridized carbons (Fsp3) is 0.160. The molecule has 2 aromatic heterocycles. The van der Waals surface area contributed by atoms with Gasteiger partial charge >= 0.3 is 5.97 Å². The molecule has 2 aromatic carbocycles. The number of fused-ring (bicyclic) bond motifs is 1. The monoisotopic (exact) mass is 429 g/mol. The number of carbonyl (C=O) groups is 2. The number of amides is 1. The fourth-order valence-electron chi connectivity index (χ4n) is 3.42. The summed E-state index contributed by atoms with van der Waals surface area (Å²) in [6.45, 7) is 1.88. The zero-order chi connectivity index (χ0) is 22.3. The molecule has 2 heterocycles. The summed E-state index contributed by atoms with van der Waals surface area (Å²) >= 11 is 0. The number of ether oxygens (including phenoxy) is 2. The van der Waals surface area contributed by atoms with Crippen LogP contribution in [0.3, 0.4) is 0 Å². The highest BCUT2D eigenvalue weighted by molar-refractivity contribution is 5.98. The number of hydrogen-bond donors (Lipinski definition) is 1. The van der Waals surface area contributed by atoms with E-state index >= 15 is 0 Å². The molecular formula is C25H23N3O4. The topological polar surface area (TPSA) is 81.9 Å². The van der Waals surface area contributed by atoms with Crippen molar-refractivity contribution in [1.29, 1.82) is 0 Å². The first kappa shape index (κ1) is 21.3. The smallest absolute Gasteiger partial charge is 0.341 e. The quantitative estimate of drug-likeness (QED) is 0.423. The van der Waals surface area contributed by atoms with Crippen molar-refractivity contribution in [2.75, 3.05) is 18.5 Å². The Hall–Kier alpha value is -3.97. The Morgan fingerprint density at radius 2 is 1.66 bits per heavy atom. The normalized spacial score (nSPS) is 10.9. The molecule has 0 aliphatic carbocycles. The van der Waals surface area contributed by atoms with Gasteiger partial charge in [-0.05, 0) is 30.2 Å². The third-order valence-corrected chi connectivity index (χ3v) is 4.89. The molecular weight excluding hydrogens is 406 g/mol. The molecule has 0 atom stereocenters. The number of esters is 1. The predicted octanol–water partition coefficient (Wildman–Crippen LogP) is 4.26. The number of hydrogen-bond acceptors (Lipinski definition) is 5. The summed E-state index contributed by atoms with van der Waals surface area (Å²) in [6.07, 6.45) is 2.76. The molecule has 4 rings (SSSR count). The number of carbonyl (C=O) groups excluding carboxylic acids is 2. The summed E-state index contributed by atoms with van der Waals surface area (Å²) in [7, 11) is 0. The molecule has 1 amide bonds. The largest absolute Gasteiger partial charge is 0.462 e. The van der Waals surface area contributed by atoms with Gasteiger partial charge < -0.3 is 14.8 Å². The third kappa shape index (κ3) is 4.84. The molecule has 0 spiro atoms. The number of anilines is 1. The van der Waals surface area contributed by atoms with Gasteiger partial charge in [0.05, 0.1) is 18.3 Å². The van der Waals surface area contributed by atoms with Gasteiger partial charge in [0.15, 0.2) is 0 Å². The molecule has 0 radical (unpaired) electrons. The first-order chi connectivity index (χ1) is 15.7. The van der Waals surface area contributed by atoms with E-state index in [1.165, 1.54) is 6.20 Å². The van der Waals surface area contributed by atoms with Crippen LogP contribution in [0.4, 0.5) is 5.69 Å². The molecule has 162 valence electrons. The van der Waals surface area contributed by atoms with Crippen LogP contribution in [-0.2, 0) is 14.3 Å². The second-order valence-corrected chi connectivity index (χ2v) is 7.08. The number of rotatable bonds is 8. The third-order valence-electron chi connectivity index (χ3n) is 4.89. The van der Waals surface area contributed by atoms with Gasteiger partial charge in [-0.3, -0.25) is 4.79 Å². The lowest BCUT2D eigenvalue weighted by Crippen LogP contribution is -2.20. The molecule has 0 unspecified atom stereocenters. The SMILES string of the molecule is CCOC(=O)c1cnn2ccc(NC(=O)COC(c3ccccc3)c3ccccc3)cc12. The van der Waals surface area contributed by atoms with Crippen LogP contribution in [0, 0.1) is 0 Å². The summed E-state index contributed by atoms with van der Waals surface area (Å²) in [5.41, 5.74) is 3.35. The number of aromatic nitrogens is 2. The molecule has 7 heteroatoms. The number of benzene rings is 2. The first-order valence-electron chi connectivity index (χ1n) is 10.3. The lowest BCUT2D eigenvalue weighted by atomic mass is 10.0. The van der Waals surface area contributed by atoms with E-state index in [1.54, 1.807) is 29.8 Å². The standard InChI is InChI=1S/C25H23N3O4/c1-2-31-25(30)21-16-26-28-14-13-20(15-22(21)28)27-23(29)17-32-24(18-9-5-3-6-10-18)19-11-7-4-8-12-19/h3-16,24H,2,17H2,1H3,(H,27,29). The van der Waals surface area contributed by atoms with Crippen LogP contribution in [-0.4, -0.2) is 34.7 Å². The van der Waals surface area contributed by atoms with E-state index in [0.717, 1.165) is 11.1 Å². The number of nitrogens with one attached hydrogen (secondary N) is 1. The van der Waals surface area contributed by atoms with Crippen molar-refractivity contribution < 1.29 is 19.1 Å². The Kier molecular flexibility index (Phi) is 6.57. The summed E-state index contributed by atoms with van der Waals surface area (Å²) in [5, 5.41) is 6.97. The highest BCUT2D eigenvalue weighted by atomic mass is 16.5. The lowest BCUT2D eigenvalue weighted by Gasteiger charge is -2.19. The number of pyridine rings is 1. The Bertz CT molecular complexity index is 1170. The lowest BCUT2D eigenvalue weighted by molar-refractivity contribution is -0.121. The summed E-state index contributed by atoms with van der Waals surface area (Å²) < 4.78 is 12.6. The zero-order valence-electron chi connectivity index (χ0n) is 17.6. The highest BCUT2D eigenvalue weighted by Crippen LogP contribution is 2.26. The second-order valence-electron chi connectivity index (χ2n) is 7.08. The Balaban J connectivity index is 1.47. The van der Waals surface area contributed by atoms with Crippen molar-refractivity contribution in [2.24, 2.45) is 0 Å². The van der Waals surface area contributed by atoms with E-state index in [2.05, 4.69) is 10.4 Å². The van der Waals surface area contributed by atoms with Crippen LogP contribution >= 0.6 is 0 Å². The summed E-state index contributed by atoms with van der Waals surface area (Å²) in [5.74, 6) is -0.758. The van der Waals surface area contributed by atoms with Crippen molar-refractivity contribution in [3.63, 3.8) is 0 Å². The fourth-order valence-corrected chi connectivity index (χ4v) is 3.42. The van der Waals surface area contributed by atoms with Crippen molar-refractivity contribution in [1.82, 2.24) is 9.61 Å². The molecule has 0 saturated heterocycles. The van der Waals surface area contributed by atoms with Crippen LogP contribution < -0.4 is 5.32 Å². The molecule has 32 heavy (non-hydrogen) atoms. The summed E-state index contributed by atoms with van der Waals surface area (Å²) in [4.78, 5) is 24.7. The van der Waals surface area contributed by atoms with E-state index in [9.17, 15) is 9.59 Å². The van der Waals surface area contributed by atoms with Gasteiger partial charge in [0.1, 0.15) is 18.3 Å². The minimum Gasteiger partial charge on any atom is -0.462 e. The zero-order valence-corrected chi connectivity index (χ0v) is 17.6. The average molecular weight is 429 g/mol. The van der Waals surface area contributed by atoms with Crippen LogP contribution in [0.2, 0.25) is 0 Å². The van der Waals surface area contributed by atoms with Gasteiger partial charge in [-0.15, -0.1) is 0 Å². The minimum absolute atomic E-state index is 0.135. The van der Waals surface area contributed by atoms with Crippen molar-refractivity contribution in [2.45, 2.75) is 13.0 Å². The van der Waals surface area contributed by atoms with Crippen molar-refractivity contribution >= 4 is 23.1 Å². The van der Waals surface area contributed by atoms with E-state index in [1.807, 2.05) is 60.7 Å². The first-order valence-corrected chi connectivity index (χ1v) is 10.3. The van der Waals surface area contributed by atoms with Crippen molar-refractivity contribution in [3.05, 3.63) is 102 Å². The summed E-state index contributed by atoms with van der Waals surface area (Å²) in [6, 6.07) is 22.9. The molecule has 0 aliphatic heterocycles. The van der Waals surface area contributed by atoms with Crippen LogP contribution in [0.25, 0.3) is 5.52 Å². The second kappa shape index (κ2) is 9.89. The van der Waals surface area contributed by atoms with E-state index < -0.39 is 5.97 Å². The van der Waals surface area contributed by atoms with Gasteiger partial charge in [-0.25, -0.2) is 9.31 Å². The van der Waals surface area contributed by atoms with E-state index in [4.69, 9.17) is 9.47 Å². The molecule has 0 aliphatic rings. The maximum absolute atomic E-state index is 12.6. The maximum Gasteiger partial charge on any atom is 0.341 e.